The van der Waals surface area contributed by atoms with Crippen LogP contribution in [0.25, 0.3) is 22.3 Å². The first-order valence-electron chi connectivity index (χ1n) is 15.5. The van der Waals surface area contributed by atoms with E-state index in [4.69, 9.17) is 11.8 Å². The Bertz CT molecular complexity index is 2080. The van der Waals surface area contributed by atoms with Gasteiger partial charge in [0.05, 0.1) is 0 Å². The first-order valence-corrected chi connectivity index (χ1v) is 15.5. The summed E-state index contributed by atoms with van der Waals surface area (Å²) >= 11 is 0. The Morgan fingerprint density at radius 2 is 0.980 bits per heavy atom. The van der Waals surface area contributed by atoms with Crippen LogP contribution in [-0.4, -0.2) is 7.05 Å². The standard InChI is InChI=1S/C40H28F3N4.CN.Pt/c1-44-26-45(36-20-9-8-19-35(36)44)31-23-30(40(41,42)43)24-32(25-31)46-27-47(38-22-11-10-21-37(38)46)39-33(28-13-4-2-5-14-28)17-12-18-34(39)29-15-6-3-7-16-29;1-2;/h2-24,26-27H,1H3;;/q-3;-1;+4. The molecule has 0 radical (unpaired) electrons. The zero-order valence-corrected chi connectivity index (χ0v) is 28.9. The zero-order valence-electron chi connectivity index (χ0n) is 26.6. The van der Waals surface area contributed by atoms with E-state index >= 15 is 0 Å². The second-order valence-corrected chi connectivity index (χ2v) is 11.5. The smallest absolute Gasteiger partial charge is 0.512 e. The molecule has 9 heteroatoms. The van der Waals surface area contributed by atoms with E-state index in [0.717, 1.165) is 56.8 Å². The van der Waals surface area contributed by atoms with Crippen molar-refractivity contribution in [1.82, 2.24) is 0 Å². The third-order valence-electron chi connectivity index (χ3n) is 8.58. The van der Waals surface area contributed by atoms with E-state index in [-0.39, 0.29) is 26.8 Å². The fourth-order valence-electron chi connectivity index (χ4n) is 6.40. The van der Waals surface area contributed by atoms with Crippen molar-refractivity contribution in [2.24, 2.45) is 0 Å². The monoisotopic (exact) mass is 842 g/mol. The van der Waals surface area contributed by atoms with Crippen LogP contribution in [0.5, 0.6) is 0 Å². The van der Waals surface area contributed by atoms with Gasteiger partial charge >= 0.3 is 27.2 Å². The van der Waals surface area contributed by atoms with Gasteiger partial charge in [-0.3, -0.25) is 0 Å². The molecule has 2 heterocycles. The second-order valence-electron chi connectivity index (χ2n) is 11.5. The van der Waals surface area contributed by atoms with Gasteiger partial charge in [-0.05, 0) is 42.4 Å². The van der Waals surface area contributed by atoms with Crippen LogP contribution in [0.3, 0.4) is 0 Å². The molecular weight excluding hydrogens is 815 g/mol. The van der Waals surface area contributed by atoms with E-state index < -0.39 is 11.7 Å². The fraction of sp³-hybridized carbons (Fsp3) is 0.0488. The number of hydrogen-bond donors (Lipinski definition) is 0. The number of rotatable bonds is 5. The topological polar surface area (TPSA) is 36.8 Å². The molecule has 50 heavy (non-hydrogen) atoms. The Hall–Kier alpha value is -5.51. The van der Waals surface area contributed by atoms with Crippen molar-refractivity contribution in [2.45, 2.75) is 6.18 Å². The molecule has 0 aliphatic carbocycles. The first kappa shape index (κ1) is 34.4. The predicted molar refractivity (Wildman–Crippen MR) is 189 cm³/mol. The summed E-state index contributed by atoms with van der Waals surface area (Å²) in [6.45, 7) is 8.42. The van der Waals surface area contributed by atoms with E-state index in [1.54, 1.807) is 16.5 Å². The average molecular weight is 843 g/mol. The molecule has 2 aliphatic rings. The first-order chi connectivity index (χ1) is 23.9. The molecule has 0 fully saturated rings. The Morgan fingerprint density at radius 1 is 0.560 bits per heavy atom. The summed E-state index contributed by atoms with van der Waals surface area (Å²) in [5.74, 6) is 0. The minimum Gasteiger partial charge on any atom is -0.512 e. The third-order valence-corrected chi connectivity index (χ3v) is 8.58. The van der Waals surface area contributed by atoms with E-state index in [1.807, 2.05) is 110 Å². The summed E-state index contributed by atoms with van der Waals surface area (Å²) in [5.41, 5.74) is 8.10. The van der Waals surface area contributed by atoms with Crippen LogP contribution < -0.4 is 19.6 Å². The molecule has 8 rings (SSSR count). The Balaban J connectivity index is 0.00000142. The van der Waals surface area contributed by atoms with Crippen molar-refractivity contribution in [3.05, 3.63) is 171 Å². The molecule has 0 atom stereocenters. The van der Waals surface area contributed by atoms with Crippen molar-refractivity contribution >= 4 is 39.8 Å². The molecule has 0 N–H and O–H groups in total. The molecule has 0 aromatic heterocycles. The van der Waals surface area contributed by atoms with Gasteiger partial charge in [-0.2, -0.15) is 19.8 Å². The van der Waals surface area contributed by atoms with Crippen molar-refractivity contribution in [1.29, 1.82) is 5.26 Å². The van der Waals surface area contributed by atoms with Gasteiger partial charge in [-0.1, -0.05) is 109 Å². The van der Waals surface area contributed by atoms with Crippen LogP contribution in [0.15, 0.2) is 140 Å². The largest absolute Gasteiger partial charge is 4.00 e. The molecule has 0 spiro atoms. The van der Waals surface area contributed by atoms with E-state index in [9.17, 15) is 13.2 Å². The maximum atomic E-state index is 14.5. The van der Waals surface area contributed by atoms with Gasteiger partial charge < -0.3 is 31.4 Å². The van der Waals surface area contributed by atoms with Crippen LogP contribution in [0.1, 0.15) is 5.56 Å². The summed E-state index contributed by atoms with van der Waals surface area (Å²) in [5, 5.41) is 6.25. The van der Waals surface area contributed by atoms with Crippen LogP contribution >= 0.6 is 0 Å². The van der Waals surface area contributed by atoms with Gasteiger partial charge in [0.15, 0.2) is 0 Å². The summed E-state index contributed by atoms with van der Waals surface area (Å²) in [6, 6.07) is 47.6. The summed E-state index contributed by atoms with van der Waals surface area (Å²) in [4.78, 5) is 7.54. The van der Waals surface area contributed by atoms with Gasteiger partial charge in [0.2, 0.25) is 0 Å². The normalized spacial score (nSPS) is 13.2. The van der Waals surface area contributed by atoms with Crippen molar-refractivity contribution in [3.63, 3.8) is 0 Å². The minimum absolute atomic E-state index is 0. The number of alkyl halides is 3. The number of fused-ring (bicyclic) bond motifs is 2. The van der Waals surface area contributed by atoms with Crippen LogP contribution in [-0.2, 0) is 27.2 Å². The van der Waals surface area contributed by atoms with Crippen LogP contribution in [0.2, 0.25) is 0 Å². The SMILES string of the molecule is CN1[CH-]N(c2[c-]c(N3[CH-]N(c4c(-c5ccccc5)cccc4-c4ccccc4)c4ccccc43)cc(C(F)(F)F)c2)c2ccccc21.[C-]#N.[Pt+4]. The predicted octanol–water partition coefficient (Wildman–Crippen LogP) is 11.0. The van der Waals surface area contributed by atoms with Crippen LogP contribution in [0, 0.1) is 31.2 Å². The molecule has 2 aliphatic heterocycles. The molecule has 0 unspecified atom stereocenters. The number of para-hydroxylation sites is 5. The van der Waals surface area contributed by atoms with E-state index in [0.29, 0.717) is 5.69 Å². The van der Waals surface area contributed by atoms with Gasteiger partial charge in [-0.25, -0.2) is 0 Å². The number of benzene rings is 6. The van der Waals surface area contributed by atoms with Gasteiger partial charge in [-0.15, -0.1) is 36.2 Å². The number of nitrogens with zero attached hydrogens (tertiary/aromatic N) is 5. The van der Waals surface area contributed by atoms with Crippen molar-refractivity contribution in [3.8, 4) is 22.3 Å². The summed E-state index contributed by atoms with van der Waals surface area (Å²) < 4.78 is 43.6. The Labute approximate surface area is 304 Å². The molecule has 0 bridgehead atoms. The number of halogens is 3. The molecule has 0 amide bonds. The van der Waals surface area contributed by atoms with E-state index in [2.05, 4.69) is 47.4 Å². The zero-order chi connectivity index (χ0) is 34.1. The van der Waals surface area contributed by atoms with Crippen molar-refractivity contribution < 1.29 is 34.2 Å². The van der Waals surface area contributed by atoms with Gasteiger partial charge in [0.25, 0.3) is 0 Å². The average Bonchev–Trinajstić information content (AvgIpc) is 3.70. The van der Waals surface area contributed by atoms with E-state index in [1.165, 1.54) is 6.07 Å². The Morgan fingerprint density at radius 3 is 1.48 bits per heavy atom. The minimum atomic E-state index is -4.57. The third kappa shape index (κ3) is 6.21. The Kier molecular flexibility index (Phi) is 9.72. The maximum absolute atomic E-state index is 14.5. The quantitative estimate of drug-likeness (QED) is 0.162. The maximum Gasteiger partial charge on any atom is 4.00 e. The van der Waals surface area contributed by atoms with Gasteiger partial charge in [0.1, 0.15) is 0 Å². The van der Waals surface area contributed by atoms with Crippen LogP contribution in [0.4, 0.5) is 53.0 Å². The molecular formula is C41H28F3N5Pt. The second kappa shape index (κ2) is 14.1. The molecule has 6 aromatic rings. The fourth-order valence-corrected chi connectivity index (χ4v) is 6.40. The summed E-state index contributed by atoms with van der Waals surface area (Å²) in [7, 11) is 1.88. The van der Waals surface area contributed by atoms with Gasteiger partial charge in [0, 0.05) is 39.6 Å². The molecule has 248 valence electrons. The number of anilines is 7. The molecule has 6 aromatic carbocycles. The number of hydrogen-bond acceptors (Lipinski definition) is 5. The molecule has 0 saturated heterocycles. The summed E-state index contributed by atoms with van der Waals surface area (Å²) in [6.07, 6.45) is -4.57. The van der Waals surface area contributed by atoms with Crippen molar-refractivity contribution in [2.75, 3.05) is 26.6 Å². The molecule has 0 saturated carbocycles. The molecule has 5 nitrogen and oxygen atoms in total.